The lowest BCUT2D eigenvalue weighted by Gasteiger charge is -1.88. The standard InChI is InChI=1S/C6H7O2/c1-7-5-6-3-2-4-8-6/h2-3H,5H2,1H3. The number of furan rings is 1. The minimum atomic E-state index is 0.531. The molecule has 0 N–H and O–H groups in total. The first-order valence-electron chi connectivity index (χ1n) is 2.37. The molecule has 1 radical (unpaired) electrons. The van der Waals surface area contributed by atoms with Crippen LogP contribution in [0.2, 0.25) is 0 Å². The molecule has 0 saturated heterocycles. The zero-order valence-electron chi connectivity index (χ0n) is 4.68. The van der Waals surface area contributed by atoms with Crippen molar-refractivity contribution in [1.29, 1.82) is 0 Å². The molecule has 8 heavy (non-hydrogen) atoms. The van der Waals surface area contributed by atoms with Gasteiger partial charge in [-0.3, -0.25) is 0 Å². The molecular weight excluding hydrogens is 104 g/mol. The number of hydrogen-bond donors (Lipinski definition) is 0. The maximum absolute atomic E-state index is 4.82. The van der Waals surface area contributed by atoms with Crippen molar-refractivity contribution >= 4 is 0 Å². The predicted octanol–water partition coefficient (Wildman–Crippen LogP) is 1.23. The van der Waals surface area contributed by atoms with Gasteiger partial charge in [0.15, 0.2) is 6.26 Å². The Balaban J connectivity index is 2.50. The first-order chi connectivity index (χ1) is 3.93. The number of ether oxygens (including phenoxy) is 1. The Kier molecular flexibility index (Phi) is 1.70. The monoisotopic (exact) mass is 111 g/mol. The van der Waals surface area contributed by atoms with Gasteiger partial charge in [-0.25, -0.2) is 0 Å². The lowest BCUT2D eigenvalue weighted by Crippen LogP contribution is -1.81. The second kappa shape index (κ2) is 2.52. The molecule has 2 heteroatoms. The van der Waals surface area contributed by atoms with Gasteiger partial charge in [0, 0.05) is 7.11 Å². The fraction of sp³-hybridized carbons (Fsp3) is 0.333. The highest BCUT2D eigenvalue weighted by Gasteiger charge is 1.89. The molecule has 0 aliphatic carbocycles. The van der Waals surface area contributed by atoms with Crippen molar-refractivity contribution in [2.24, 2.45) is 0 Å². The lowest BCUT2D eigenvalue weighted by atomic mass is 10.5. The summed E-state index contributed by atoms with van der Waals surface area (Å²) < 4.78 is 9.60. The molecule has 0 spiro atoms. The van der Waals surface area contributed by atoms with Crippen LogP contribution in [0.3, 0.4) is 0 Å². The number of methoxy groups -OCH3 is 1. The Morgan fingerprint density at radius 1 is 1.88 bits per heavy atom. The topological polar surface area (TPSA) is 22.4 Å². The maximum Gasteiger partial charge on any atom is 0.169 e. The highest BCUT2D eigenvalue weighted by Crippen LogP contribution is 1.98. The summed E-state index contributed by atoms with van der Waals surface area (Å²) in [5.74, 6) is 0.813. The van der Waals surface area contributed by atoms with Crippen LogP contribution in [-0.2, 0) is 11.3 Å². The first-order valence-corrected chi connectivity index (χ1v) is 2.37. The molecule has 1 aromatic heterocycles. The summed E-state index contributed by atoms with van der Waals surface area (Å²) in [5, 5.41) is 0. The Labute approximate surface area is 48.1 Å². The summed E-state index contributed by atoms with van der Waals surface area (Å²) >= 11 is 0. The molecule has 0 aromatic carbocycles. The average Bonchev–Trinajstić information content (AvgIpc) is 2.19. The van der Waals surface area contributed by atoms with Crippen LogP contribution in [0.25, 0.3) is 0 Å². The van der Waals surface area contributed by atoms with Crippen molar-refractivity contribution in [3.8, 4) is 0 Å². The molecule has 0 atom stereocenters. The van der Waals surface area contributed by atoms with E-state index in [-0.39, 0.29) is 0 Å². The highest BCUT2D eigenvalue weighted by molar-refractivity contribution is 4.94. The van der Waals surface area contributed by atoms with Crippen molar-refractivity contribution in [1.82, 2.24) is 0 Å². The highest BCUT2D eigenvalue weighted by atomic mass is 16.5. The zero-order chi connectivity index (χ0) is 5.82. The molecule has 0 aliphatic heterocycles. The maximum atomic E-state index is 4.82. The van der Waals surface area contributed by atoms with Crippen molar-refractivity contribution < 1.29 is 9.15 Å². The van der Waals surface area contributed by atoms with Gasteiger partial charge in [-0.15, -0.1) is 0 Å². The SMILES string of the molecule is COCc1cc[c]o1. The molecular formula is C6H7O2. The molecule has 0 bridgehead atoms. The van der Waals surface area contributed by atoms with E-state index in [0.717, 1.165) is 5.76 Å². The first kappa shape index (κ1) is 5.38. The summed E-state index contributed by atoms with van der Waals surface area (Å²) in [6.45, 7) is 0.531. The molecule has 0 amide bonds. The summed E-state index contributed by atoms with van der Waals surface area (Å²) in [5.41, 5.74) is 0. The normalized spacial score (nSPS) is 9.62. The van der Waals surface area contributed by atoms with Crippen LogP contribution in [0.5, 0.6) is 0 Å². The van der Waals surface area contributed by atoms with E-state index in [2.05, 4.69) is 6.26 Å². The van der Waals surface area contributed by atoms with Gasteiger partial charge < -0.3 is 9.15 Å². The summed E-state index contributed by atoms with van der Waals surface area (Å²) in [7, 11) is 1.63. The van der Waals surface area contributed by atoms with Crippen molar-refractivity contribution in [3.63, 3.8) is 0 Å². The van der Waals surface area contributed by atoms with Crippen molar-refractivity contribution in [2.75, 3.05) is 7.11 Å². The fourth-order valence-corrected chi connectivity index (χ4v) is 0.491. The van der Waals surface area contributed by atoms with Gasteiger partial charge in [-0.05, 0) is 12.1 Å². The Bertz CT molecular complexity index is 132. The van der Waals surface area contributed by atoms with Gasteiger partial charge in [-0.2, -0.15) is 0 Å². The van der Waals surface area contributed by atoms with Gasteiger partial charge in [-0.1, -0.05) is 0 Å². The minimum absolute atomic E-state index is 0.531. The second-order valence-electron chi connectivity index (χ2n) is 1.45. The van der Waals surface area contributed by atoms with E-state index >= 15 is 0 Å². The molecule has 1 aromatic rings. The van der Waals surface area contributed by atoms with Gasteiger partial charge in [0.1, 0.15) is 12.4 Å². The zero-order valence-corrected chi connectivity index (χ0v) is 4.68. The van der Waals surface area contributed by atoms with E-state index in [1.54, 1.807) is 13.2 Å². The van der Waals surface area contributed by atoms with Crippen molar-refractivity contribution in [2.45, 2.75) is 6.61 Å². The van der Waals surface area contributed by atoms with Gasteiger partial charge in [0.05, 0.1) is 0 Å². The molecule has 43 valence electrons. The molecule has 2 nitrogen and oxygen atoms in total. The van der Waals surface area contributed by atoms with E-state index in [1.165, 1.54) is 0 Å². The van der Waals surface area contributed by atoms with Gasteiger partial charge in [0.2, 0.25) is 0 Å². The van der Waals surface area contributed by atoms with Gasteiger partial charge >= 0.3 is 0 Å². The lowest BCUT2D eigenvalue weighted by molar-refractivity contribution is 0.164. The fourth-order valence-electron chi connectivity index (χ4n) is 0.491. The van der Waals surface area contributed by atoms with E-state index < -0.39 is 0 Å². The van der Waals surface area contributed by atoms with Crippen LogP contribution >= 0.6 is 0 Å². The Hall–Kier alpha value is -0.760. The van der Waals surface area contributed by atoms with Crippen LogP contribution in [0.4, 0.5) is 0 Å². The number of hydrogen-bond acceptors (Lipinski definition) is 2. The third-order valence-corrected chi connectivity index (χ3v) is 0.814. The van der Waals surface area contributed by atoms with Crippen LogP contribution in [-0.4, -0.2) is 7.11 Å². The summed E-state index contributed by atoms with van der Waals surface area (Å²) in [4.78, 5) is 0. The predicted molar refractivity (Wildman–Crippen MR) is 28.3 cm³/mol. The van der Waals surface area contributed by atoms with Gasteiger partial charge in [0.25, 0.3) is 0 Å². The molecule has 1 heterocycles. The molecule has 0 fully saturated rings. The van der Waals surface area contributed by atoms with E-state index in [4.69, 9.17) is 9.15 Å². The third kappa shape index (κ3) is 1.10. The smallest absolute Gasteiger partial charge is 0.169 e. The van der Waals surface area contributed by atoms with E-state index in [9.17, 15) is 0 Å². The van der Waals surface area contributed by atoms with Crippen LogP contribution in [0.15, 0.2) is 16.5 Å². The van der Waals surface area contributed by atoms with E-state index in [1.807, 2.05) is 6.07 Å². The number of rotatable bonds is 2. The van der Waals surface area contributed by atoms with Crippen LogP contribution in [0.1, 0.15) is 5.76 Å². The average molecular weight is 111 g/mol. The molecule has 0 saturated carbocycles. The molecule has 0 unspecified atom stereocenters. The Morgan fingerprint density at radius 2 is 2.75 bits per heavy atom. The van der Waals surface area contributed by atoms with Crippen molar-refractivity contribution in [3.05, 3.63) is 24.2 Å². The van der Waals surface area contributed by atoms with Crippen LogP contribution < -0.4 is 0 Å². The largest absolute Gasteiger partial charge is 0.455 e. The van der Waals surface area contributed by atoms with Crippen LogP contribution in [0, 0.1) is 6.26 Å². The quantitative estimate of drug-likeness (QED) is 0.572. The summed E-state index contributed by atoms with van der Waals surface area (Å²) in [6, 6.07) is 3.54. The minimum Gasteiger partial charge on any atom is -0.455 e. The molecule has 0 aliphatic rings. The molecule has 1 rings (SSSR count). The second-order valence-corrected chi connectivity index (χ2v) is 1.45. The Morgan fingerprint density at radius 3 is 3.25 bits per heavy atom. The van der Waals surface area contributed by atoms with E-state index in [0.29, 0.717) is 6.61 Å². The summed E-state index contributed by atoms with van der Waals surface area (Å²) in [6.07, 6.45) is 2.56. The third-order valence-electron chi connectivity index (χ3n) is 0.814.